The molecule has 6 nitrogen and oxygen atoms in total. The van der Waals surface area contributed by atoms with E-state index in [9.17, 15) is 9.59 Å². The molecule has 0 saturated heterocycles. The molecule has 2 N–H and O–H groups in total. The zero-order chi connectivity index (χ0) is 12.0. The molecule has 0 atom stereocenters. The molecule has 0 bridgehead atoms. The minimum Gasteiger partial charge on any atom is -0.475 e. The highest BCUT2D eigenvalue weighted by Crippen LogP contribution is 2.07. The molecule has 1 heterocycles. The first-order chi connectivity index (χ1) is 7.65. The van der Waals surface area contributed by atoms with E-state index in [-0.39, 0.29) is 11.5 Å². The Bertz CT molecular complexity index is 371. The highest BCUT2D eigenvalue weighted by Gasteiger charge is 2.13. The first kappa shape index (κ1) is 12.3. The molecule has 0 saturated carbocycles. The van der Waals surface area contributed by atoms with Gasteiger partial charge in [-0.25, -0.2) is 4.79 Å². The van der Waals surface area contributed by atoms with Crippen LogP contribution in [0.15, 0.2) is 16.5 Å². The summed E-state index contributed by atoms with van der Waals surface area (Å²) in [4.78, 5) is 21.9. The fourth-order valence-electron chi connectivity index (χ4n) is 1.08. The van der Waals surface area contributed by atoms with Crippen LogP contribution in [0.3, 0.4) is 0 Å². The van der Waals surface area contributed by atoms with E-state index in [0.717, 1.165) is 0 Å². The Balaban J connectivity index is 2.43. The molecule has 88 valence electrons. The standard InChI is InChI=1S/C10H13NO5/c1-15-6-2-5-11-9(12)7-3-4-8(16-7)10(13)14/h3-4H,2,5-6H2,1H3,(H,11,12)(H,13,14). The number of amides is 1. The van der Waals surface area contributed by atoms with Crippen molar-refractivity contribution in [3.8, 4) is 0 Å². The number of ether oxygens (including phenoxy) is 1. The molecule has 0 aliphatic carbocycles. The second-order valence-electron chi connectivity index (χ2n) is 3.07. The summed E-state index contributed by atoms with van der Waals surface area (Å²) in [5.41, 5.74) is 0. The normalized spacial score (nSPS) is 10.1. The molecule has 0 fully saturated rings. The number of hydrogen-bond donors (Lipinski definition) is 2. The minimum atomic E-state index is -1.20. The van der Waals surface area contributed by atoms with Crippen LogP contribution in [0.5, 0.6) is 0 Å². The lowest BCUT2D eigenvalue weighted by atomic mass is 10.4. The SMILES string of the molecule is COCCCNC(=O)c1ccc(C(=O)O)o1. The maximum atomic E-state index is 11.4. The average Bonchev–Trinajstić information content (AvgIpc) is 2.73. The molecule has 0 spiro atoms. The minimum absolute atomic E-state index is 0.00480. The molecule has 0 radical (unpaired) electrons. The molecule has 1 amide bonds. The van der Waals surface area contributed by atoms with E-state index in [1.807, 2.05) is 0 Å². The Morgan fingerprint density at radius 3 is 2.69 bits per heavy atom. The van der Waals surface area contributed by atoms with Gasteiger partial charge in [-0.05, 0) is 18.6 Å². The Kier molecular flexibility index (Phi) is 4.53. The van der Waals surface area contributed by atoms with E-state index >= 15 is 0 Å². The van der Waals surface area contributed by atoms with Gasteiger partial charge in [0.25, 0.3) is 5.91 Å². The number of nitrogens with one attached hydrogen (secondary N) is 1. The van der Waals surface area contributed by atoms with Crippen molar-refractivity contribution in [1.29, 1.82) is 0 Å². The lowest BCUT2D eigenvalue weighted by molar-refractivity contribution is 0.0659. The molecule has 1 aromatic heterocycles. The van der Waals surface area contributed by atoms with Crippen molar-refractivity contribution >= 4 is 11.9 Å². The first-order valence-electron chi connectivity index (χ1n) is 4.75. The number of carbonyl (C=O) groups excluding carboxylic acids is 1. The van der Waals surface area contributed by atoms with Gasteiger partial charge in [-0.1, -0.05) is 0 Å². The summed E-state index contributed by atoms with van der Waals surface area (Å²) >= 11 is 0. The van der Waals surface area contributed by atoms with Gasteiger partial charge in [-0.2, -0.15) is 0 Å². The number of rotatable bonds is 6. The van der Waals surface area contributed by atoms with Crippen molar-refractivity contribution in [3.05, 3.63) is 23.7 Å². The molecule has 16 heavy (non-hydrogen) atoms. The number of furan rings is 1. The smallest absolute Gasteiger partial charge is 0.371 e. The van der Waals surface area contributed by atoms with Gasteiger partial charge >= 0.3 is 5.97 Å². The van der Waals surface area contributed by atoms with Crippen LogP contribution in [0.4, 0.5) is 0 Å². The number of hydrogen-bond acceptors (Lipinski definition) is 4. The molecular formula is C10H13NO5. The van der Waals surface area contributed by atoms with Gasteiger partial charge in [0.05, 0.1) is 0 Å². The van der Waals surface area contributed by atoms with Crippen molar-refractivity contribution in [2.24, 2.45) is 0 Å². The third-order valence-corrected chi connectivity index (χ3v) is 1.85. The summed E-state index contributed by atoms with van der Waals surface area (Å²) in [5.74, 6) is -1.88. The van der Waals surface area contributed by atoms with E-state index in [4.69, 9.17) is 14.3 Å². The van der Waals surface area contributed by atoms with Crippen molar-refractivity contribution in [1.82, 2.24) is 5.32 Å². The molecule has 0 unspecified atom stereocenters. The summed E-state index contributed by atoms with van der Waals surface area (Å²) in [6.07, 6.45) is 0.689. The van der Waals surface area contributed by atoms with E-state index in [0.29, 0.717) is 19.6 Å². The van der Waals surface area contributed by atoms with Crippen LogP contribution in [0, 0.1) is 0 Å². The predicted molar refractivity (Wildman–Crippen MR) is 54.5 cm³/mol. The Morgan fingerprint density at radius 1 is 1.44 bits per heavy atom. The van der Waals surface area contributed by atoms with Crippen LogP contribution >= 0.6 is 0 Å². The Labute approximate surface area is 92.2 Å². The van der Waals surface area contributed by atoms with Crippen LogP contribution < -0.4 is 5.32 Å². The quantitative estimate of drug-likeness (QED) is 0.700. The number of aromatic carboxylic acids is 1. The van der Waals surface area contributed by atoms with Crippen LogP contribution in [0.1, 0.15) is 27.5 Å². The van der Waals surface area contributed by atoms with Gasteiger partial charge in [-0.15, -0.1) is 0 Å². The maximum Gasteiger partial charge on any atom is 0.371 e. The Morgan fingerprint density at radius 2 is 2.12 bits per heavy atom. The van der Waals surface area contributed by atoms with Gasteiger partial charge in [0, 0.05) is 20.3 Å². The fraction of sp³-hybridized carbons (Fsp3) is 0.400. The summed E-state index contributed by atoms with van der Waals surface area (Å²) in [5, 5.41) is 11.2. The number of carboxylic acid groups (broad SMARTS) is 1. The van der Waals surface area contributed by atoms with E-state index in [1.54, 1.807) is 7.11 Å². The molecular weight excluding hydrogens is 214 g/mol. The van der Waals surface area contributed by atoms with Gasteiger partial charge in [0.1, 0.15) is 0 Å². The van der Waals surface area contributed by atoms with E-state index in [2.05, 4.69) is 5.32 Å². The number of carboxylic acids is 1. The topological polar surface area (TPSA) is 88.8 Å². The lowest BCUT2D eigenvalue weighted by Crippen LogP contribution is -2.24. The molecule has 1 rings (SSSR count). The third kappa shape index (κ3) is 3.39. The second kappa shape index (κ2) is 5.92. The number of methoxy groups -OCH3 is 1. The van der Waals surface area contributed by atoms with Crippen molar-refractivity contribution < 1.29 is 23.8 Å². The van der Waals surface area contributed by atoms with Gasteiger partial charge in [-0.3, -0.25) is 4.79 Å². The molecule has 0 aliphatic rings. The van der Waals surface area contributed by atoms with E-state index in [1.165, 1.54) is 12.1 Å². The van der Waals surface area contributed by atoms with Crippen LogP contribution in [0.2, 0.25) is 0 Å². The monoisotopic (exact) mass is 227 g/mol. The molecule has 1 aromatic rings. The summed E-state index contributed by atoms with van der Waals surface area (Å²) in [7, 11) is 1.58. The third-order valence-electron chi connectivity index (χ3n) is 1.85. The molecule has 0 aliphatic heterocycles. The molecule has 6 heteroatoms. The number of carbonyl (C=O) groups is 2. The van der Waals surface area contributed by atoms with Crippen molar-refractivity contribution in [3.63, 3.8) is 0 Å². The summed E-state index contributed by atoms with van der Waals surface area (Å²) in [6.45, 7) is 1.01. The van der Waals surface area contributed by atoms with Crippen LogP contribution in [-0.4, -0.2) is 37.2 Å². The van der Waals surface area contributed by atoms with Crippen molar-refractivity contribution in [2.75, 3.05) is 20.3 Å². The van der Waals surface area contributed by atoms with Crippen LogP contribution in [-0.2, 0) is 4.74 Å². The second-order valence-corrected chi connectivity index (χ2v) is 3.07. The van der Waals surface area contributed by atoms with Crippen molar-refractivity contribution in [2.45, 2.75) is 6.42 Å². The zero-order valence-corrected chi connectivity index (χ0v) is 8.86. The maximum absolute atomic E-state index is 11.4. The summed E-state index contributed by atoms with van der Waals surface area (Å²) in [6, 6.07) is 2.57. The van der Waals surface area contributed by atoms with E-state index < -0.39 is 11.9 Å². The van der Waals surface area contributed by atoms with Gasteiger partial charge < -0.3 is 19.6 Å². The zero-order valence-electron chi connectivity index (χ0n) is 8.86. The largest absolute Gasteiger partial charge is 0.475 e. The highest BCUT2D eigenvalue weighted by atomic mass is 16.5. The highest BCUT2D eigenvalue weighted by molar-refractivity contribution is 5.93. The fourth-order valence-corrected chi connectivity index (χ4v) is 1.08. The van der Waals surface area contributed by atoms with Gasteiger partial charge in [0.2, 0.25) is 5.76 Å². The van der Waals surface area contributed by atoms with Crippen LogP contribution in [0.25, 0.3) is 0 Å². The summed E-state index contributed by atoms with van der Waals surface area (Å²) < 4.78 is 9.63. The lowest BCUT2D eigenvalue weighted by Gasteiger charge is -2.01. The molecule has 0 aromatic carbocycles. The first-order valence-corrected chi connectivity index (χ1v) is 4.75. The van der Waals surface area contributed by atoms with Gasteiger partial charge in [0.15, 0.2) is 5.76 Å². The predicted octanol–water partition coefficient (Wildman–Crippen LogP) is 0.744. The average molecular weight is 227 g/mol. The Hall–Kier alpha value is -1.82.